The van der Waals surface area contributed by atoms with E-state index < -0.39 is 10.0 Å². The third kappa shape index (κ3) is 3.02. The third-order valence-electron chi connectivity index (χ3n) is 3.59. The van der Waals surface area contributed by atoms with E-state index in [4.69, 9.17) is 0 Å². The van der Waals surface area contributed by atoms with Crippen molar-refractivity contribution in [2.45, 2.75) is 38.1 Å². The van der Waals surface area contributed by atoms with Crippen LogP contribution in [0.3, 0.4) is 0 Å². The molecule has 2 rings (SSSR count). The Hall–Kier alpha value is -1.39. The molecule has 0 amide bonds. The first-order chi connectivity index (χ1) is 9.45. The number of hydrogen-bond donors (Lipinski definition) is 1. The number of hydrogen-bond acceptors (Lipinski definition) is 2. The highest BCUT2D eigenvalue weighted by atomic mass is 32.2. The molecule has 0 aromatic heterocycles. The van der Waals surface area contributed by atoms with Gasteiger partial charge in [-0.05, 0) is 23.8 Å². The molecule has 3 nitrogen and oxygen atoms in total. The zero-order chi connectivity index (χ0) is 14.8. The van der Waals surface area contributed by atoms with Crippen molar-refractivity contribution < 1.29 is 8.42 Å². The summed E-state index contributed by atoms with van der Waals surface area (Å²) in [7, 11) is -3.49. The molecule has 0 aliphatic heterocycles. The zero-order valence-corrected chi connectivity index (χ0v) is 12.9. The quantitative estimate of drug-likeness (QED) is 0.915. The van der Waals surface area contributed by atoms with Gasteiger partial charge in [-0.1, -0.05) is 57.2 Å². The summed E-state index contributed by atoms with van der Waals surface area (Å²) in [6.45, 7) is 6.05. The predicted molar refractivity (Wildman–Crippen MR) is 83.2 cm³/mol. The molecular formula is C16H21NO2S. The molecule has 0 spiro atoms. The molecule has 0 aliphatic carbocycles. The van der Waals surface area contributed by atoms with Gasteiger partial charge in [-0.2, -0.15) is 0 Å². The Morgan fingerprint density at radius 1 is 1.05 bits per heavy atom. The van der Waals surface area contributed by atoms with Crippen molar-refractivity contribution >= 4 is 20.8 Å². The van der Waals surface area contributed by atoms with Gasteiger partial charge in [-0.15, -0.1) is 0 Å². The summed E-state index contributed by atoms with van der Waals surface area (Å²) in [5.74, 6) is 0.268. The molecule has 2 aromatic carbocycles. The smallest absolute Gasteiger partial charge is 0.208 e. The minimum Gasteiger partial charge on any atom is -0.208 e. The summed E-state index contributed by atoms with van der Waals surface area (Å²) in [6.07, 6.45) is 0.779. The maximum absolute atomic E-state index is 12.6. The van der Waals surface area contributed by atoms with Gasteiger partial charge in [0.05, 0.1) is 4.90 Å². The monoisotopic (exact) mass is 291 g/mol. The molecule has 20 heavy (non-hydrogen) atoms. The van der Waals surface area contributed by atoms with E-state index in [1.807, 2.05) is 51.1 Å². The Balaban J connectivity index is 2.47. The van der Waals surface area contributed by atoms with Crippen LogP contribution >= 0.6 is 0 Å². The van der Waals surface area contributed by atoms with Crippen LogP contribution in [0.15, 0.2) is 47.4 Å². The lowest BCUT2D eigenvalue weighted by molar-refractivity contribution is 0.437. The third-order valence-corrected chi connectivity index (χ3v) is 5.14. The van der Waals surface area contributed by atoms with Crippen LogP contribution in [0.1, 0.15) is 27.2 Å². The normalized spacial score (nSPS) is 13.8. The average molecular weight is 291 g/mol. The summed E-state index contributed by atoms with van der Waals surface area (Å²) in [5.41, 5.74) is 0. The largest absolute Gasteiger partial charge is 0.241 e. The lowest BCUT2D eigenvalue weighted by atomic mass is 10.0. The van der Waals surface area contributed by atoms with Crippen molar-refractivity contribution in [2.75, 3.05) is 0 Å². The van der Waals surface area contributed by atoms with Crippen LogP contribution in [0.25, 0.3) is 10.8 Å². The Labute approximate surface area is 121 Å². The van der Waals surface area contributed by atoms with Crippen LogP contribution in [0, 0.1) is 5.92 Å². The fraction of sp³-hybridized carbons (Fsp3) is 0.375. The van der Waals surface area contributed by atoms with E-state index in [-0.39, 0.29) is 12.0 Å². The second kappa shape index (κ2) is 5.94. The summed E-state index contributed by atoms with van der Waals surface area (Å²) < 4.78 is 28.0. The second-order valence-corrected chi connectivity index (χ2v) is 7.04. The highest BCUT2D eigenvalue weighted by Crippen LogP contribution is 2.23. The molecule has 0 radical (unpaired) electrons. The van der Waals surface area contributed by atoms with E-state index in [0.717, 1.165) is 17.2 Å². The molecule has 4 heteroatoms. The molecular weight excluding hydrogens is 270 g/mol. The highest BCUT2D eigenvalue weighted by Gasteiger charge is 2.22. The molecule has 108 valence electrons. The van der Waals surface area contributed by atoms with Gasteiger partial charge in [0, 0.05) is 11.4 Å². The molecule has 1 unspecified atom stereocenters. The van der Waals surface area contributed by atoms with Gasteiger partial charge < -0.3 is 0 Å². The molecule has 0 fully saturated rings. The Bertz CT molecular complexity index is 687. The van der Waals surface area contributed by atoms with Crippen LogP contribution in [-0.4, -0.2) is 14.5 Å². The van der Waals surface area contributed by atoms with Gasteiger partial charge in [0.2, 0.25) is 10.0 Å². The van der Waals surface area contributed by atoms with Crippen LogP contribution in [-0.2, 0) is 10.0 Å². The predicted octanol–water partition coefficient (Wildman–Crippen LogP) is 3.55. The maximum atomic E-state index is 12.6. The van der Waals surface area contributed by atoms with E-state index in [9.17, 15) is 8.42 Å². The number of fused-ring (bicyclic) bond motifs is 1. The molecule has 2 aromatic rings. The zero-order valence-electron chi connectivity index (χ0n) is 12.1. The van der Waals surface area contributed by atoms with E-state index in [2.05, 4.69) is 4.72 Å². The summed E-state index contributed by atoms with van der Waals surface area (Å²) in [6, 6.07) is 12.9. The van der Waals surface area contributed by atoms with Crippen molar-refractivity contribution in [1.82, 2.24) is 4.72 Å². The van der Waals surface area contributed by atoms with Gasteiger partial charge in [-0.3, -0.25) is 0 Å². The van der Waals surface area contributed by atoms with E-state index in [1.165, 1.54) is 0 Å². The van der Waals surface area contributed by atoms with Gasteiger partial charge in [-0.25, -0.2) is 13.1 Å². The van der Waals surface area contributed by atoms with Gasteiger partial charge in [0.15, 0.2) is 0 Å². The number of sulfonamides is 1. The molecule has 0 heterocycles. The average Bonchev–Trinajstić information content (AvgIpc) is 2.43. The Morgan fingerprint density at radius 2 is 1.70 bits per heavy atom. The van der Waals surface area contributed by atoms with Gasteiger partial charge in [0.1, 0.15) is 0 Å². The second-order valence-electron chi connectivity index (χ2n) is 5.36. The van der Waals surface area contributed by atoms with E-state index in [1.54, 1.807) is 12.1 Å². The SMILES string of the molecule is CCC(NS(=O)(=O)c1cccc2ccccc12)C(C)C. The number of rotatable bonds is 5. The minimum atomic E-state index is -3.49. The van der Waals surface area contributed by atoms with Gasteiger partial charge in [0.25, 0.3) is 0 Å². The summed E-state index contributed by atoms with van der Waals surface area (Å²) in [5, 5.41) is 1.70. The van der Waals surface area contributed by atoms with Crippen molar-refractivity contribution in [2.24, 2.45) is 5.92 Å². The lowest BCUT2D eigenvalue weighted by Gasteiger charge is -2.21. The van der Waals surface area contributed by atoms with Crippen LogP contribution in [0.4, 0.5) is 0 Å². The molecule has 0 saturated heterocycles. The topological polar surface area (TPSA) is 46.2 Å². The first kappa shape index (κ1) is 15.0. The van der Waals surface area contributed by atoms with Crippen LogP contribution in [0.2, 0.25) is 0 Å². The standard InChI is InChI=1S/C16H21NO2S/c1-4-15(12(2)3)17-20(18,19)16-11-7-9-13-8-5-6-10-14(13)16/h5-12,15,17H,4H2,1-3H3. The van der Waals surface area contributed by atoms with E-state index >= 15 is 0 Å². The highest BCUT2D eigenvalue weighted by molar-refractivity contribution is 7.89. The molecule has 0 bridgehead atoms. The van der Waals surface area contributed by atoms with Crippen LogP contribution < -0.4 is 4.72 Å². The molecule has 0 saturated carbocycles. The first-order valence-electron chi connectivity index (χ1n) is 6.96. The van der Waals surface area contributed by atoms with Crippen molar-refractivity contribution in [1.29, 1.82) is 0 Å². The van der Waals surface area contributed by atoms with Crippen molar-refractivity contribution in [3.8, 4) is 0 Å². The Kier molecular flexibility index (Phi) is 4.45. The molecule has 1 N–H and O–H groups in total. The van der Waals surface area contributed by atoms with Crippen LogP contribution in [0.5, 0.6) is 0 Å². The molecule has 1 atom stereocenters. The minimum absolute atomic E-state index is 0.0426. The Morgan fingerprint density at radius 3 is 2.35 bits per heavy atom. The lowest BCUT2D eigenvalue weighted by Crippen LogP contribution is -2.38. The summed E-state index contributed by atoms with van der Waals surface area (Å²) in [4.78, 5) is 0.356. The maximum Gasteiger partial charge on any atom is 0.241 e. The van der Waals surface area contributed by atoms with E-state index in [0.29, 0.717) is 4.90 Å². The fourth-order valence-corrected chi connectivity index (χ4v) is 4.08. The fourth-order valence-electron chi connectivity index (χ4n) is 2.38. The van der Waals surface area contributed by atoms with Crippen molar-refractivity contribution in [3.63, 3.8) is 0 Å². The number of nitrogens with one attached hydrogen (secondary N) is 1. The van der Waals surface area contributed by atoms with Crippen molar-refractivity contribution in [3.05, 3.63) is 42.5 Å². The first-order valence-corrected chi connectivity index (χ1v) is 8.44. The summed E-state index contributed by atoms with van der Waals surface area (Å²) >= 11 is 0. The molecule has 0 aliphatic rings. The van der Waals surface area contributed by atoms with Gasteiger partial charge >= 0.3 is 0 Å². The number of benzene rings is 2.